The zero-order chi connectivity index (χ0) is 11.5. The van der Waals surface area contributed by atoms with Gasteiger partial charge in [-0.2, -0.15) is 0 Å². The molecule has 6 heteroatoms. The highest BCUT2D eigenvalue weighted by Gasteiger charge is 2.47. The molecule has 2 rings (SSSR count). The fourth-order valence-electron chi connectivity index (χ4n) is 1.71. The molecule has 1 aliphatic heterocycles. The van der Waals surface area contributed by atoms with E-state index in [0.29, 0.717) is 0 Å². The van der Waals surface area contributed by atoms with Gasteiger partial charge in [-0.1, -0.05) is 23.3 Å². The summed E-state index contributed by atoms with van der Waals surface area (Å²) >= 11 is 1.51. The van der Waals surface area contributed by atoms with Crippen LogP contribution in [-0.2, 0) is 4.79 Å². The van der Waals surface area contributed by atoms with Crippen molar-refractivity contribution in [1.82, 2.24) is 0 Å². The molecular formula is C10H10N4OS. The predicted octanol–water partition coefficient (Wildman–Crippen LogP) is 2.40. The monoisotopic (exact) mass is 234 g/mol. The molecule has 0 unspecified atom stereocenters. The van der Waals surface area contributed by atoms with Gasteiger partial charge in [0.2, 0.25) is 5.91 Å². The van der Waals surface area contributed by atoms with E-state index < -0.39 is 6.04 Å². The normalized spacial score (nSPS) is 23.6. The van der Waals surface area contributed by atoms with E-state index in [0.717, 1.165) is 5.69 Å². The van der Waals surface area contributed by atoms with E-state index in [2.05, 4.69) is 10.0 Å². The van der Waals surface area contributed by atoms with Crippen LogP contribution in [0.1, 0.15) is 0 Å². The third-order valence-electron chi connectivity index (χ3n) is 2.47. The summed E-state index contributed by atoms with van der Waals surface area (Å²) < 4.78 is 0. The Kier molecular flexibility index (Phi) is 3.03. The molecule has 0 N–H and O–H groups in total. The lowest BCUT2D eigenvalue weighted by molar-refractivity contribution is -0.124. The van der Waals surface area contributed by atoms with Crippen molar-refractivity contribution >= 4 is 23.4 Å². The molecule has 0 aromatic heterocycles. The molecule has 1 heterocycles. The topological polar surface area (TPSA) is 69.1 Å². The van der Waals surface area contributed by atoms with Crippen LogP contribution in [-0.4, -0.2) is 23.6 Å². The van der Waals surface area contributed by atoms with Crippen LogP contribution in [0, 0.1) is 0 Å². The Bertz CT molecular complexity index is 443. The van der Waals surface area contributed by atoms with Crippen LogP contribution in [0.2, 0.25) is 0 Å². The average molecular weight is 234 g/mol. The van der Waals surface area contributed by atoms with E-state index in [-0.39, 0.29) is 11.3 Å². The summed E-state index contributed by atoms with van der Waals surface area (Å²) in [6.07, 6.45) is 1.90. The van der Waals surface area contributed by atoms with Crippen LogP contribution < -0.4 is 4.90 Å². The minimum absolute atomic E-state index is 0.0919. The predicted molar refractivity (Wildman–Crippen MR) is 64.2 cm³/mol. The average Bonchev–Trinajstić information content (AvgIpc) is 2.33. The number of hydrogen-bond donors (Lipinski definition) is 0. The standard InChI is InChI=1S/C10H10N4OS/c1-16-10-8(12-13-11)9(15)14(10)7-5-3-2-4-6-7/h2-6,8,10H,1H3/t8-,10-/m1/s1. The molecule has 0 radical (unpaired) electrons. The number of amides is 1. The van der Waals surface area contributed by atoms with Crippen molar-refractivity contribution in [2.24, 2.45) is 5.11 Å². The van der Waals surface area contributed by atoms with Gasteiger partial charge in [0.05, 0.1) is 5.37 Å². The Morgan fingerprint density at radius 1 is 1.44 bits per heavy atom. The first-order chi connectivity index (χ1) is 7.79. The first-order valence-corrected chi connectivity index (χ1v) is 6.03. The number of carbonyl (C=O) groups is 1. The second-order valence-corrected chi connectivity index (χ2v) is 4.27. The van der Waals surface area contributed by atoms with Gasteiger partial charge >= 0.3 is 0 Å². The van der Waals surface area contributed by atoms with Crippen LogP contribution in [0.3, 0.4) is 0 Å². The third kappa shape index (κ3) is 1.62. The van der Waals surface area contributed by atoms with Gasteiger partial charge < -0.3 is 0 Å². The molecule has 1 saturated heterocycles. The van der Waals surface area contributed by atoms with E-state index in [1.165, 1.54) is 11.8 Å². The highest BCUT2D eigenvalue weighted by atomic mass is 32.2. The largest absolute Gasteiger partial charge is 0.299 e. The summed E-state index contributed by atoms with van der Waals surface area (Å²) in [6.45, 7) is 0. The summed E-state index contributed by atoms with van der Waals surface area (Å²) in [7, 11) is 0. The van der Waals surface area contributed by atoms with E-state index in [9.17, 15) is 4.79 Å². The Hall–Kier alpha value is -1.65. The summed E-state index contributed by atoms with van der Waals surface area (Å²) in [5.41, 5.74) is 9.21. The molecule has 1 aliphatic rings. The van der Waals surface area contributed by atoms with Crippen molar-refractivity contribution in [3.8, 4) is 0 Å². The lowest BCUT2D eigenvalue weighted by atomic mass is 10.1. The van der Waals surface area contributed by atoms with Crippen molar-refractivity contribution in [3.05, 3.63) is 40.8 Å². The van der Waals surface area contributed by atoms with Gasteiger partial charge in [-0.3, -0.25) is 9.69 Å². The first kappa shape index (κ1) is 10.9. The van der Waals surface area contributed by atoms with Crippen LogP contribution in [0.25, 0.3) is 10.4 Å². The zero-order valence-corrected chi connectivity index (χ0v) is 9.46. The number of rotatable bonds is 3. The van der Waals surface area contributed by atoms with E-state index in [1.807, 2.05) is 36.6 Å². The van der Waals surface area contributed by atoms with Crippen LogP contribution in [0.4, 0.5) is 5.69 Å². The van der Waals surface area contributed by atoms with Crippen molar-refractivity contribution in [1.29, 1.82) is 0 Å². The number of para-hydroxylation sites is 1. The van der Waals surface area contributed by atoms with E-state index >= 15 is 0 Å². The van der Waals surface area contributed by atoms with Crippen LogP contribution in [0.15, 0.2) is 35.4 Å². The second kappa shape index (κ2) is 4.47. The maximum atomic E-state index is 11.8. The fourth-order valence-corrected chi connectivity index (χ4v) is 2.57. The van der Waals surface area contributed by atoms with Crippen LogP contribution >= 0.6 is 11.8 Å². The molecule has 82 valence electrons. The first-order valence-electron chi connectivity index (χ1n) is 4.74. The Morgan fingerprint density at radius 3 is 2.69 bits per heavy atom. The zero-order valence-electron chi connectivity index (χ0n) is 8.65. The molecule has 0 bridgehead atoms. The summed E-state index contributed by atoms with van der Waals surface area (Å²) in [4.78, 5) is 16.1. The summed E-state index contributed by atoms with van der Waals surface area (Å²) in [5.74, 6) is -0.136. The number of anilines is 1. The molecule has 0 aliphatic carbocycles. The summed E-state index contributed by atoms with van der Waals surface area (Å²) in [6, 6.07) is 8.82. The maximum Gasteiger partial charge on any atom is 0.240 e. The molecule has 1 fully saturated rings. The Morgan fingerprint density at radius 2 is 2.12 bits per heavy atom. The molecule has 1 aromatic carbocycles. The molecule has 1 amide bonds. The molecule has 5 nitrogen and oxygen atoms in total. The number of benzene rings is 1. The van der Waals surface area contributed by atoms with Crippen molar-refractivity contribution in [2.75, 3.05) is 11.2 Å². The number of thioether (sulfide) groups is 1. The Balaban J connectivity index is 2.25. The lowest BCUT2D eigenvalue weighted by Crippen LogP contribution is -2.62. The SMILES string of the molecule is CS[C@@H]1[C@H](N=[N+]=[N-])C(=O)N1c1ccccc1. The fraction of sp³-hybridized carbons (Fsp3) is 0.300. The van der Waals surface area contributed by atoms with Gasteiger partial charge in [0.25, 0.3) is 0 Å². The van der Waals surface area contributed by atoms with Gasteiger partial charge in [0.1, 0.15) is 6.04 Å². The number of β-lactam (4-membered cyclic amide) rings is 1. The number of azide groups is 1. The highest BCUT2D eigenvalue weighted by molar-refractivity contribution is 7.99. The lowest BCUT2D eigenvalue weighted by Gasteiger charge is -2.44. The summed E-state index contributed by atoms with van der Waals surface area (Å²) in [5, 5.41) is 3.42. The molecule has 16 heavy (non-hydrogen) atoms. The smallest absolute Gasteiger partial charge is 0.240 e. The van der Waals surface area contributed by atoms with Crippen molar-refractivity contribution < 1.29 is 4.79 Å². The molecule has 0 spiro atoms. The minimum atomic E-state index is -0.569. The molecule has 2 atom stereocenters. The van der Waals surface area contributed by atoms with Crippen molar-refractivity contribution in [2.45, 2.75) is 11.4 Å². The molecule has 1 aromatic rings. The molecular weight excluding hydrogens is 224 g/mol. The van der Waals surface area contributed by atoms with E-state index in [4.69, 9.17) is 5.53 Å². The van der Waals surface area contributed by atoms with Gasteiger partial charge in [-0.05, 0) is 23.9 Å². The quantitative estimate of drug-likeness (QED) is 0.349. The highest BCUT2D eigenvalue weighted by Crippen LogP contribution is 2.35. The minimum Gasteiger partial charge on any atom is -0.299 e. The number of hydrogen-bond acceptors (Lipinski definition) is 3. The third-order valence-corrected chi connectivity index (χ3v) is 3.42. The number of nitrogens with zero attached hydrogens (tertiary/aromatic N) is 4. The van der Waals surface area contributed by atoms with Gasteiger partial charge in [0.15, 0.2) is 0 Å². The second-order valence-electron chi connectivity index (χ2n) is 3.32. The van der Waals surface area contributed by atoms with Gasteiger partial charge in [-0.25, -0.2) is 0 Å². The van der Waals surface area contributed by atoms with Gasteiger partial charge in [-0.15, -0.1) is 11.8 Å². The molecule has 0 saturated carbocycles. The Labute approximate surface area is 97.1 Å². The van der Waals surface area contributed by atoms with Crippen molar-refractivity contribution in [3.63, 3.8) is 0 Å². The van der Waals surface area contributed by atoms with Gasteiger partial charge in [0, 0.05) is 10.6 Å². The maximum absolute atomic E-state index is 11.8. The number of carbonyl (C=O) groups excluding carboxylic acids is 1. The van der Waals surface area contributed by atoms with Crippen LogP contribution in [0.5, 0.6) is 0 Å². The van der Waals surface area contributed by atoms with E-state index in [1.54, 1.807) is 4.90 Å².